The van der Waals surface area contributed by atoms with E-state index in [0.29, 0.717) is 0 Å². The average Bonchev–Trinajstić information content (AvgIpc) is 4.18. The van der Waals surface area contributed by atoms with E-state index in [2.05, 4.69) is 264 Å². The number of benzene rings is 13. The normalized spacial score (nSPS) is 12.1. The minimum absolute atomic E-state index is 0.874. The topological polar surface area (TPSA) is 26.2 Å². The molecule has 0 saturated heterocycles. The van der Waals surface area contributed by atoms with Gasteiger partial charge in [-0.3, -0.25) is 0 Å². The molecular weight excluding hydrogens is 911 g/mol. The number of hydrogen-bond donors (Lipinski definition) is 0. The first-order chi connectivity index (χ1) is 37.0. The number of rotatable bonds is 6. The molecule has 4 heteroatoms. The van der Waals surface area contributed by atoms with E-state index in [0.717, 1.165) is 61.5 Å². The highest BCUT2D eigenvalue weighted by molar-refractivity contribution is 6.26. The van der Waals surface area contributed by atoms with E-state index in [1.807, 2.05) is 12.1 Å². The van der Waals surface area contributed by atoms with Gasteiger partial charge in [0.25, 0.3) is 0 Å². The van der Waals surface area contributed by atoms with Crippen LogP contribution in [0.25, 0.3) is 131 Å². The molecule has 16 aromatic rings. The highest BCUT2D eigenvalue weighted by Crippen LogP contribution is 2.46. The zero-order valence-electron chi connectivity index (χ0n) is 41.0. The minimum atomic E-state index is 0.874. The third-order valence-electron chi connectivity index (χ3n) is 15.8. The molecule has 0 bridgehead atoms. The van der Waals surface area contributed by atoms with Gasteiger partial charge in [0, 0.05) is 71.7 Å². The summed E-state index contributed by atoms with van der Waals surface area (Å²) in [6, 6.07) is 93.8. The van der Waals surface area contributed by atoms with Crippen LogP contribution in [0.1, 0.15) is 5.56 Å². The van der Waals surface area contributed by atoms with Crippen LogP contribution >= 0.6 is 0 Å². The van der Waals surface area contributed by atoms with Crippen LogP contribution in [0, 0.1) is 6.92 Å². The molecule has 0 aliphatic heterocycles. The number of aryl methyl sites for hydroxylation is 1. The first-order valence-corrected chi connectivity index (χ1v) is 25.8. The monoisotopic (exact) mass is 955 g/mol. The summed E-state index contributed by atoms with van der Waals surface area (Å²) in [5.74, 6) is 0.874. The highest BCUT2D eigenvalue weighted by atomic mass is 16.3. The number of anilines is 3. The standard InChI is InChI=1S/C71H45N3O/c1-44-19-31-60-51(35-44)25-32-62-64-42-67-65(43-66(64)73(70(60)62)58-27-22-45-11-5-7-13-47(45)37-58)63-33-26-52-40-57(30-34-61(52)71(63)74(67)59-28-23-46-12-6-8-14-48(46)38-59)72(55-16-3-2-4-17-55)56-29-24-49-36-54(21-20-50(49)39-56)69-41-53-15-9-10-18-68(53)75-69/h2-43H,1H3. The smallest absolute Gasteiger partial charge is 0.135 e. The highest BCUT2D eigenvalue weighted by Gasteiger charge is 2.23. The Morgan fingerprint density at radius 2 is 0.787 bits per heavy atom. The van der Waals surface area contributed by atoms with Gasteiger partial charge in [0.1, 0.15) is 11.3 Å². The number of furan rings is 1. The van der Waals surface area contributed by atoms with Crippen LogP contribution in [-0.4, -0.2) is 9.13 Å². The van der Waals surface area contributed by atoms with Crippen molar-refractivity contribution in [2.45, 2.75) is 6.92 Å². The predicted octanol–water partition coefficient (Wildman–Crippen LogP) is 19.8. The maximum Gasteiger partial charge on any atom is 0.135 e. The molecule has 0 radical (unpaired) electrons. The molecule has 13 aromatic carbocycles. The summed E-state index contributed by atoms with van der Waals surface area (Å²) in [5.41, 5.74) is 13.6. The molecule has 0 saturated carbocycles. The van der Waals surface area contributed by atoms with E-state index in [1.165, 1.54) is 92.3 Å². The Labute approximate surface area is 431 Å². The minimum Gasteiger partial charge on any atom is -0.456 e. The molecule has 0 N–H and O–H groups in total. The lowest BCUT2D eigenvalue weighted by Crippen LogP contribution is -2.09. The van der Waals surface area contributed by atoms with Crippen molar-refractivity contribution in [2.75, 3.05) is 4.90 Å². The third kappa shape index (κ3) is 6.49. The fourth-order valence-electron chi connectivity index (χ4n) is 12.3. The van der Waals surface area contributed by atoms with Crippen molar-refractivity contribution < 1.29 is 4.42 Å². The molecule has 0 unspecified atom stereocenters. The van der Waals surface area contributed by atoms with E-state index < -0.39 is 0 Å². The van der Waals surface area contributed by atoms with E-state index in [1.54, 1.807) is 0 Å². The molecule has 0 fully saturated rings. The summed E-state index contributed by atoms with van der Waals surface area (Å²) in [6.07, 6.45) is 0. The average molecular weight is 956 g/mol. The fraction of sp³-hybridized carbons (Fsp3) is 0.0141. The Bertz CT molecular complexity index is 5000. The lowest BCUT2D eigenvalue weighted by Gasteiger charge is -2.26. The molecule has 0 aliphatic carbocycles. The Kier molecular flexibility index (Phi) is 8.92. The Hall–Kier alpha value is -9.90. The largest absolute Gasteiger partial charge is 0.456 e. The van der Waals surface area contributed by atoms with E-state index in [4.69, 9.17) is 4.42 Å². The summed E-state index contributed by atoms with van der Waals surface area (Å²) in [6.45, 7) is 2.18. The molecule has 4 nitrogen and oxygen atoms in total. The SMILES string of the molecule is Cc1ccc2c(ccc3c4cc5c(cc4n(-c4ccc6ccccc6c4)c23)c2ccc3cc(N(c4ccccc4)c4ccc6cc(-c7cc8ccccc8o7)ccc6c4)ccc3c2n5-c2ccc3ccccc3c2)c1. The molecule has 0 amide bonds. The maximum absolute atomic E-state index is 6.28. The summed E-state index contributed by atoms with van der Waals surface area (Å²) in [5, 5.41) is 18.1. The summed E-state index contributed by atoms with van der Waals surface area (Å²) in [7, 11) is 0. The van der Waals surface area contributed by atoms with Crippen molar-refractivity contribution in [1.82, 2.24) is 9.13 Å². The van der Waals surface area contributed by atoms with Crippen molar-refractivity contribution in [3.8, 4) is 22.7 Å². The lowest BCUT2D eigenvalue weighted by atomic mass is 10.0. The zero-order chi connectivity index (χ0) is 49.3. The number of hydrogen-bond acceptors (Lipinski definition) is 2. The van der Waals surface area contributed by atoms with Gasteiger partial charge in [-0.15, -0.1) is 0 Å². The maximum atomic E-state index is 6.28. The number of para-hydroxylation sites is 2. The summed E-state index contributed by atoms with van der Waals surface area (Å²) >= 11 is 0. The quantitative estimate of drug-likeness (QED) is 0.166. The second-order valence-corrected chi connectivity index (χ2v) is 20.2. The van der Waals surface area contributed by atoms with Crippen LogP contribution in [0.15, 0.2) is 259 Å². The molecule has 16 rings (SSSR count). The first-order valence-electron chi connectivity index (χ1n) is 25.8. The number of fused-ring (bicyclic) bond motifs is 14. The second kappa shape index (κ2) is 16.1. The van der Waals surface area contributed by atoms with Gasteiger partial charge in [-0.25, -0.2) is 0 Å². The molecular formula is C71H45N3O. The van der Waals surface area contributed by atoms with Crippen LogP contribution in [0.2, 0.25) is 0 Å². The van der Waals surface area contributed by atoms with Gasteiger partial charge >= 0.3 is 0 Å². The van der Waals surface area contributed by atoms with Crippen molar-refractivity contribution in [1.29, 1.82) is 0 Å². The lowest BCUT2D eigenvalue weighted by molar-refractivity contribution is 0.631. The van der Waals surface area contributed by atoms with Crippen LogP contribution in [0.5, 0.6) is 0 Å². The Morgan fingerprint density at radius 1 is 0.307 bits per heavy atom. The Morgan fingerprint density at radius 3 is 1.44 bits per heavy atom. The molecule has 0 atom stereocenters. The van der Waals surface area contributed by atoms with Crippen molar-refractivity contribution in [3.63, 3.8) is 0 Å². The number of aromatic nitrogens is 2. The van der Waals surface area contributed by atoms with Crippen molar-refractivity contribution in [2.24, 2.45) is 0 Å². The second-order valence-electron chi connectivity index (χ2n) is 20.2. The van der Waals surface area contributed by atoms with E-state index in [-0.39, 0.29) is 0 Å². The van der Waals surface area contributed by atoms with Gasteiger partial charge in [0.05, 0.1) is 22.1 Å². The molecule has 0 spiro atoms. The van der Waals surface area contributed by atoms with Crippen molar-refractivity contribution >= 4 is 126 Å². The molecule has 350 valence electrons. The van der Waals surface area contributed by atoms with E-state index >= 15 is 0 Å². The predicted molar refractivity (Wildman–Crippen MR) is 317 cm³/mol. The van der Waals surface area contributed by atoms with E-state index in [9.17, 15) is 0 Å². The van der Waals surface area contributed by atoms with Crippen LogP contribution < -0.4 is 4.90 Å². The van der Waals surface area contributed by atoms with Gasteiger partial charge in [-0.1, -0.05) is 169 Å². The molecule has 0 aliphatic rings. The molecule has 3 heterocycles. The van der Waals surface area contributed by atoms with Gasteiger partial charge in [-0.05, 0) is 141 Å². The summed E-state index contributed by atoms with van der Waals surface area (Å²) < 4.78 is 11.3. The zero-order valence-corrected chi connectivity index (χ0v) is 41.0. The first kappa shape index (κ1) is 41.7. The van der Waals surface area contributed by atoms with Gasteiger partial charge in [0.2, 0.25) is 0 Å². The number of nitrogens with zero attached hydrogens (tertiary/aromatic N) is 3. The summed E-state index contributed by atoms with van der Waals surface area (Å²) in [4.78, 5) is 2.38. The molecule has 75 heavy (non-hydrogen) atoms. The fourth-order valence-corrected chi connectivity index (χ4v) is 12.3. The van der Waals surface area contributed by atoms with Crippen LogP contribution in [-0.2, 0) is 0 Å². The Balaban J connectivity index is 0.920. The third-order valence-corrected chi connectivity index (χ3v) is 15.8. The van der Waals surface area contributed by atoms with Crippen molar-refractivity contribution in [3.05, 3.63) is 260 Å². The molecule has 3 aromatic heterocycles. The van der Waals surface area contributed by atoms with Gasteiger partial charge in [-0.2, -0.15) is 0 Å². The van der Waals surface area contributed by atoms with Crippen LogP contribution in [0.3, 0.4) is 0 Å². The van der Waals surface area contributed by atoms with Crippen LogP contribution in [0.4, 0.5) is 17.1 Å². The van der Waals surface area contributed by atoms with Gasteiger partial charge < -0.3 is 18.5 Å². The van der Waals surface area contributed by atoms with Gasteiger partial charge in [0.15, 0.2) is 0 Å².